The van der Waals surface area contributed by atoms with Crippen molar-refractivity contribution in [1.82, 2.24) is 10.2 Å². The van der Waals surface area contributed by atoms with Gasteiger partial charge in [0.2, 0.25) is 5.91 Å². The Hall–Kier alpha value is -1.57. The number of allylic oxidation sites excluding steroid dienone is 1. The monoisotopic (exact) mass is 656 g/mol. The minimum absolute atomic E-state index is 0.173. The van der Waals surface area contributed by atoms with Crippen LogP contribution >= 0.6 is 0 Å². The molecule has 0 aromatic carbocycles. The highest BCUT2D eigenvalue weighted by Crippen LogP contribution is 2.67. The molecule has 0 aliphatic heterocycles. The first-order valence-electron chi connectivity index (χ1n) is 19.7. The summed E-state index contributed by atoms with van der Waals surface area (Å²) in [4.78, 5) is 14.2. The number of nitrogens with two attached hydrogens (primary N) is 3. The van der Waals surface area contributed by atoms with Gasteiger partial charge in [-0.05, 0) is 143 Å². The van der Waals surface area contributed by atoms with Crippen LogP contribution in [-0.4, -0.2) is 55.7 Å². The molecule has 270 valence electrons. The van der Waals surface area contributed by atoms with Gasteiger partial charge in [0.05, 0.1) is 6.04 Å². The minimum atomic E-state index is -0.337. The summed E-state index contributed by atoms with van der Waals surface area (Å²) in [6, 6.07) is -0.337. The summed E-state index contributed by atoms with van der Waals surface area (Å²) in [7, 11) is 0. The SMILES string of the molecule is C=C(OC1CCC2(C)C(=CCC3C2CCC2(C)C(C(C)CCCC(C)C)CCC32)C1)N(CCCN)CCCC(NCCCN)C(N)=O. The molecule has 0 aromatic rings. The number of nitrogens with one attached hydrogen (secondary N) is 1. The fourth-order valence-corrected chi connectivity index (χ4v) is 10.9. The maximum absolute atomic E-state index is 12.0. The van der Waals surface area contributed by atoms with Crippen molar-refractivity contribution in [2.75, 3.05) is 32.7 Å². The number of primary amides is 1. The minimum Gasteiger partial charge on any atom is -0.476 e. The van der Waals surface area contributed by atoms with E-state index in [-0.39, 0.29) is 18.1 Å². The first-order valence-corrected chi connectivity index (χ1v) is 19.7. The molecule has 4 aliphatic carbocycles. The van der Waals surface area contributed by atoms with E-state index >= 15 is 0 Å². The average molecular weight is 656 g/mol. The Morgan fingerprint density at radius 2 is 1.72 bits per heavy atom. The van der Waals surface area contributed by atoms with Crippen LogP contribution in [0.15, 0.2) is 24.1 Å². The van der Waals surface area contributed by atoms with Crippen molar-refractivity contribution in [3.05, 3.63) is 24.1 Å². The molecule has 0 heterocycles. The predicted molar refractivity (Wildman–Crippen MR) is 196 cm³/mol. The fourth-order valence-electron chi connectivity index (χ4n) is 10.9. The number of carbonyl (C=O) groups excluding carboxylic acids is 1. The van der Waals surface area contributed by atoms with Crippen LogP contribution in [0.4, 0.5) is 0 Å². The molecule has 0 saturated heterocycles. The van der Waals surface area contributed by atoms with Gasteiger partial charge in [-0.2, -0.15) is 0 Å². The Balaban J connectivity index is 1.34. The van der Waals surface area contributed by atoms with Crippen LogP contribution < -0.4 is 22.5 Å². The van der Waals surface area contributed by atoms with Crippen molar-refractivity contribution < 1.29 is 9.53 Å². The molecule has 1 amide bonds. The van der Waals surface area contributed by atoms with E-state index in [2.05, 4.69) is 57.5 Å². The van der Waals surface area contributed by atoms with E-state index in [0.29, 0.717) is 36.9 Å². The van der Waals surface area contributed by atoms with Crippen molar-refractivity contribution in [3.63, 3.8) is 0 Å². The Bertz CT molecular complexity index is 1050. The van der Waals surface area contributed by atoms with Crippen LogP contribution in [0.3, 0.4) is 0 Å². The van der Waals surface area contributed by atoms with Gasteiger partial charge < -0.3 is 32.2 Å². The number of ether oxygens (including phenoxy) is 1. The van der Waals surface area contributed by atoms with Gasteiger partial charge in [-0.15, -0.1) is 0 Å². The van der Waals surface area contributed by atoms with E-state index in [4.69, 9.17) is 21.9 Å². The third kappa shape index (κ3) is 9.16. The van der Waals surface area contributed by atoms with Crippen LogP contribution in [0.1, 0.15) is 131 Å². The fraction of sp³-hybridized carbons (Fsp3) is 0.875. The van der Waals surface area contributed by atoms with Crippen LogP contribution in [0.25, 0.3) is 0 Å². The molecule has 3 fully saturated rings. The van der Waals surface area contributed by atoms with E-state index in [1.165, 1.54) is 57.8 Å². The lowest BCUT2D eigenvalue weighted by Crippen LogP contribution is -2.51. The van der Waals surface area contributed by atoms with Crippen molar-refractivity contribution in [3.8, 4) is 0 Å². The predicted octanol–water partition coefficient (Wildman–Crippen LogP) is 7.11. The van der Waals surface area contributed by atoms with Crippen LogP contribution in [-0.2, 0) is 9.53 Å². The van der Waals surface area contributed by atoms with E-state index in [1.807, 2.05) is 0 Å². The maximum Gasteiger partial charge on any atom is 0.234 e. The molecular formula is C40H73N5O2. The summed E-state index contributed by atoms with van der Waals surface area (Å²) in [5.41, 5.74) is 19.7. The Kier molecular flexibility index (Phi) is 14.1. The summed E-state index contributed by atoms with van der Waals surface area (Å²) >= 11 is 0. The summed E-state index contributed by atoms with van der Waals surface area (Å²) in [5.74, 6) is 5.60. The molecule has 0 bridgehead atoms. The van der Waals surface area contributed by atoms with Gasteiger partial charge >= 0.3 is 0 Å². The number of hydrogen-bond acceptors (Lipinski definition) is 6. The van der Waals surface area contributed by atoms with Crippen molar-refractivity contribution in [2.45, 2.75) is 143 Å². The highest BCUT2D eigenvalue weighted by Gasteiger charge is 2.59. The quantitative estimate of drug-likeness (QED) is 0.0631. The zero-order valence-corrected chi connectivity index (χ0v) is 31.0. The van der Waals surface area contributed by atoms with E-state index in [0.717, 1.165) is 86.6 Å². The van der Waals surface area contributed by atoms with Crippen molar-refractivity contribution >= 4 is 5.91 Å². The first kappa shape index (κ1) is 38.2. The average Bonchev–Trinajstić information content (AvgIpc) is 3.39. The first-order chi connectivity index (χ1) is 22.4. The number of amides is 1. The van der Waals surface area contributed by atoms with Gasteiger partial charge in [0, 0.05) is 19.5 Å². The number of nitrogens with zero attached hydrogens (tertiary/aromatic N) is 1. The molecule has 7 heteroatoms. The molecule has 7 nitrogen and oxygen atoms in total. The summed E-state index contributed by atoms with van der Waals surface area (Å²) in [6.45, 7) is 20.5. The number of rotatable bonds is 20. The summed E-state index contributed by atoms with van der Waals surface area (Å²) in [6.07, 6.45) is 20.6. The normalized spacial score (nSPS) is 32.9. The van der Waals surface area contributed by atoms with E-state index in [1.54, 1.807) is 5.57 Å². The van der Waals surface area contributed by atoms with Gasteiger partial charge in [0.25, 0.3) is 0 Å². The van der Waals surface area contributed by atoms with Crippen molar-refractivity contribution in [1.29, 1.82) is 0 Å². The highest BCUT2D eigenvalue weighted by atomic mass is 16.5. The van der Waals surface area contributed by atoms with Gasteiger partial charge in [-0.1, -0.05) is 65.5 Å². The third-order valence-corrected chi connectivity index (χ3v) is 13.6. The van der Waals surface area contributed by atoms with Crippen LogP contribution in [0.2, 0.25) is 0 Å². The molecule has 47 heavy (non-hydrogen) atoms. The van der Waals surface area contributed by atoms with E-state index in [9.17, 15) is 4.79 Å². The Labute approximate surface area is 288 Å². The molecule has 0 radical (unpaired) electrons. The summed E-state index contributed by atoms with van der Waals surface area (Å²) < 4.78 is 6.67. The molecule has 9 atom stereocenters. The lowest BCUT2D eigenvalue weighted by Gasteiger charge is -2.58. The standard InChI is InChI=1S/C40H73N5O2/c1-28(2)11-7-12-29(3)34-16-17-35-33-15-14-31-27-32(18-20-39(31,5)36(33)19-21-40(34,35)6)47-30(4)45(26-10-23-42)25-8-13-37(38(43)46)44-24-9-22-41/h14,28-29,32-37,44H,4,7-13,15-27,41-42H2,1-3,5-6H3,(H2,43,46). The van der Waals surface area contributed by atoms with Crippen LogP contribution in [0.5, 0.6) is 0 Å². The van der Waals surface area contributed by atoms with Crippen molar-refractivity contribution in [2.24, 2.45) is 63.5 Å². The second kappa shape index (κ2) is 17.4. The second-order valence-corrected chi connectivity index (χ2v) is 17.0. The zero-order valence-electron chi connectivity index (χ0n) is 31.0. The molecule has 4 aliphatic rings. The van der Waals surface area contributed by atoms with Gasteiger partial charge in [0.1, 0.15) is 6.10 Å². The second-order valence-electron chi connectivity index (χ2n) is 17.0. The topological polar surface area (TPSA) is 120 Å². The van der Waals surface area contributed by atoms with Gasteiger partial charge in [0.15, 0.2) is 5.88 Å². The molecular weight excluding hydrogens is 582 g/mol. The van der Waals surface area contributed by atoms with Gasteiger partial charge in [-0.3, -0.25) is 4.79 Å². The Morgan fingerprint density at radius 3 is 2.43 bits per heavy atom. The Morgan fingerprint density at radius 1 is 0.979 bits per heavy atom. The highest BCUT2D eigenvalue weighted by molar-refractivity contribution is 5.79. The lowest BCUT2D eigenvalue weighted by molar-refractivity contribution is -0.120. The number of fused-ring (bicyclic) bond motifs is 5. The number of hydrogen-bond donors (Lipinski definition) is 4. The largest absolute Gasteiger partial charge is 0.476 e. The molecule has 7 N–H and O–H groups in total. The molecule has 0 spiro atoms. The van der Waals surface area contributed by atoms with Crippen LogP contribution in [0, 0.1) is 46.3 Å². The molecule has 4 rings (SSSR count). The zero-order chi connectivity index (χ0) is 34.2. The summed E-state index contributed by atoms with van der Waals surface area (Å²) in [5, 5.41) is 3.26. The van der Waals surface area contributed by atoms with E-state index < -0.39 is 0 Å². The third-order valence-electron chi connectivity index (χ3n) is 13.6. The lowest BCUT2D eigenvalue weighted by atomic mass is 9.47. The smallest absolute Gasteiger partial charge is 0.234 e. The molecule has 0 aromatic heterocycles. The maximum atomic E-state index is 12.0. The molecule has 3 saturated carbocycles. The molecule has 9 unspecified atom stereocenters. The number of carbonyl (C=O) groups is 1. The van der Waals surface area contributed by atoms with Gasteiger partial charge in [-0.25, -0.2) is 0 Å².